The molecule has 2 rings (SSSR count). The molecule has 17 heavy (non-hydrogen) atoms. The number of hydrogen-bond donors (Lipinski definition) is 1. The highest BCUT2D eigenvalue weighted by atomic mass is 19.1. The second-order valence-electron chi connectivity index (χ2n) is 3.98. The highest BCUT2D eigenvalue weighted by Crippen LogP contribution is 2.24. The molecule has 2 aromatic rings. The van der Waals surface area contributed by atoms with Gasteiger partial charge in [0.25, 0.3) is 0 Å². The lowest BCUT2D eigenvalue weighted by Gasteiger charge is -2.13. The van der Waals surface area contributed by atoms with Crippen LogP contribution in [0.2, 0.25) is 0 Å². The summed E-state index contributed by atoms with van der Waals surface area (Å²) in [5.74, 6) is -0.363. The first-order chi connectivity index (χ1) is 8.08. The van der Waals surface area contributed by atoms with Crippen molar-refractivity contribution < 1.29 is 9.50 Å². The number of aromatic nitrogens is 2. The van der Waals surface area contributed by atoms with E-state index in [1.54, 1.807) is 32.0 Å². The maximum atomic E-state index is 13.1. The molecule has 0 fully saturated rings. The van der Waals surface area contributed by atoms with Crippen LogP contribution in [-0.4, -0.2) is 15.3 Å². The highest BCUT2D eigenvalue weighted by Gasteiger charge is 2.14. The maximum Gasteiger partial charge on any atom is 0.123 e. The van der Waals surface area contributed by atoms with E-state index in [-0.39, 0.29) is 5.82 Å². The van der Waals surface area contributed by atoms with Crippen molar-refractivity contribution in [2.75, 3.05) is 0 Å². The molecular formula is C13H13FN2O. The van der Waals surface area contributed by atoms with Gasteiger partial charge in [0.2, 0.25) is 0 Å². The van der Waals surface area contributed by atoms with Gasteiger partial charge in [-0.3, -0.25) is 0 Å². The van der Waals surface area contributed by atoms with Crippen LogP contribution in [0.1, 0.15) is 28.6 Å². The molecular weight excluding hydrogens is 219 g/mol. The average molecular weight is 232 g/mol. The molecule has 0 aliphatic carbocycles. The molecule has 0 saturated heterocycles. The summed E-state index contributed by atoms with van der Waals surface area (Å²) in [4.78, 5) is 0. The Hall–Kier alpha value is -1.81. The lowest BCUT2D eigenvalue weighted by Crippen LogP contribution is -2.05. The molecule has 1 heterocycles. The minimum Gasteiger partial charge on any atom is -0.384 e. The third-order valence-electron chi connectivity index (χ3n) is 2.60. The van der Waals surface area contributed by atoms with E-state index in [1.165, 1.54) is 12.1 Å². The Morgan fingerprint density at radius 2 is 1.94 bits per heavy atom. The van der Waals surface area contributed by atoms with Gasteiger partial charge in [0.15, 0.2) is 0 Å². The number of aryl methyl sites for hydroxylation is 2. The van der Waals surface area contributed by atoms with Crippen LogP contribution in [-0.2, 0) is 0 Å². The van der Waals surface area contributed by atoms with Crippen molar-refractivity contribution in [2.24, 2.45) is 0 Å². The van der Waals surface area contributed by atoms with Gasteiger partial charge in [0.1, 0.15) is 11.9 Å². The van der Waals surface area contributed by atoms with Gasteiger partial charge in [0, 0.05) is 5.56 Å². The first-order valence-corrected chi connectivity index (χ1v) is 5.32. The molecule has 1 aromatic heterocycles. The van der Waals surface area contributed by atoms with Gasteiger partial charge in [-0.2, -0.15) is 10.2 Å². The minimum atomic E-state index is -0.875. The summed E-state index contributed by atoms with van der Waals surface area (Å²) in [6.45, 7) is 3.57. The van der Waals surface area contributed by atoms with Crippen molar-refractivity contribution in [1.29, 1.82) is 0 Å². The van der Waals surface area contributed by atoms with Crippen LogP contribution in [0.15, 0.2) is 30.3 Å². The zero-order valence-electron chi connectivity index (χ0n) is 9.68. The number of aliphatic hydroxyl groups excluding tert-OH is 1. The standard InChI is InChI=1S/C13H13FN2O/c1-8-6-12(9(2)16-15-8)13(17)10-4-3-5-11(14)7-10/h3-7,13,17H,1-2H3. The molecule has 1 atom stereocenters. The summed E-state index contributed by atoms with van der Waals surface area (Å²) < 4.78 is 13.1. The van der Waals surface area contributed by atoms with E-state index in [2.05, 4.69) is 10.2 Å². The van der Waals surface area contributed by atoms with E-state index in [0.717, 1.165) is 5.69 Å². The molecule has 88 valence electrons. The van der Waals surface area contributed by atoms with Crippen molar-refractivity contribution in [3.63, 3.8) is 0 Å². The molecule has 0 radical (unpaired) electrons. The van der Waals surface area contributed by atoms with Crippen molar-refractivity contribution in [2.45, 2.75) is 20.0 Å². The highest BCUT2D eigenvalue weighted by molar-refractivity contribution is 5.32. The van der Waals surface area contributed by atoms with Crippen molar-refractivity contribution in [1.82, 2.24) is 10.2 Å². The Labute approximate surface area is 99.0 Å². The van der Waals surface area contributed by atoms with Crippen LogP contribution >= 0.6 is 0 Å². The van der Waals surface area contributed by atoms with E-state index in [9.17, 15) is 9.50 Å². The Morgan fingerprint density at radius 3 is 2.65 bits per heavy atom. The van der Waals surface area contributed by atoms with Gasteiger partial charge in [0.05, 0.1) is 11.4 Å². The van der Waals surface area contributed by atoms with E-state index < -0.39 is 6.10 Å². The Kier molecular flexibility index (Phi) is 3.15. The van der Waals surface area contributed by atoms with Crippen molar-refractivity contribution >= 4 is 0 Å². The number of halogens is 1. The molecule has 0 spiro atoms. The lowest BCUT2D eigenvalue weighted by molar-refractivity contribution is 0.218. The predicted octanol–water partition coefficient (Wildman–Crippen LogP) is 2.31. The third-order valence-corrected chi connectivity index (χ3v) is 2.60. The fourth-order valence-corrected chi connectivity index (χ4v) is 1.70. The molecule has 1 unspecified atom stereocenters. The summed E-state index contributed by atoms with van der Waals surface area (Å²) in [6.07, 6.45) is -0.875. The van der Waals surface area contributed by atoms with Crippen molar-refractivity contribution in [3.05, 3.63) is 58.7 Å². The first-order valence-electron chi connectivity index (χ1n) is 5.32. The zero-order chi connectivity index (χ0) is 12.4. The fourth-order valence-electron chi connectivity index (χ4n) is 1.70. The average Bonchev–Trinajstić information content (AvgIpc) is 2.31. The summed E-state index contributed by atoms with van der Waals surface area (Å²) in [7, 11) is 0. The maximum absolute atomic E-state index is 13.1. The molecule has 4 heteroatoms. The van der Waals surface area contributed by atoms with Crippen LogP contribution in [0, 0.1) is 19.7 Å². The summed E-state index contributed by atoms with van der Waals surface area (Å²) in [5, 5.41) is 18.0. The number of rotatable bonds is 2. The largest absolute Gasteiger partial charge is 0.384 e. The van der Waals surface area contributed by atoms with Gasteiger partial charge in [-0.15, -0.1) is 0 Å². The summed E-state index contributed by atoms with van der Waals surface area (Å²) >= 11 is 0. The zero-order valence-corrected chi connectivity index (χ0v) is 9.68. The van der Waals surface area contributed by atoms with Crippen LogP contribution in [0.5, 0.6) is 0 Å². The quantitative estimate of drug-likeness (QED) is 0.864. The smallest absolute Gasteiger partial charge is 0.123 e. The minimum absolute atomic E-state index is 0.363. The molecule has 3 nitrogen and oxygen atoms in total. The number of nitrogens with zero attached hydrogens (tertiary/aromatic N) is 2. The van der Waals surface area contributed by atoms with E-state index in [1.807, 2.05) is 0 Å². The number of benzene rings is 1. The van der Waals surface area contributed by atoms with E-state index in [0.29, 0.717) is 16.8 Å². The first kappa shape index (κ1) is 11.7. The van der Waals surface area contributed by atoms with Crippen LogP contribution in [0.3, 0.4) is 0 Å². The van der Waals surface area contributed by atoms with Crippen LogP contribution in [0.25, 0.3) is 0 Å². The van der Waals surface area contributed by atoms with Gasteiger partial charge in [-0.05, 0) is 37.6 Å². The molecule has 1 aromatic carbocycles. The van der Waals surface area contributed by atoms with Crippen molar-refractivity contribution in [3.8, 4) is 0 Å². The van der Waals surface area contributed by atoms with Crippen LogP contribution in [0.4, 0.5) is 4.39 Å². The van der Waals surface area contributed by atoms with E-state index >= 15 is 0 Å². The summed E-state index contributed by atoms with van der Waals surface area (Å²) in [5.41, 5.74) is 2.54. The Balaban J connectivity index is 2.43. The van der Waals surface area contributed by atoms with E-state index in [4.69, 9.17) is 0 Å². The molecule has 0 aliphatic rings. The molecule has 1 N–H and O–H groups in total. The molecule has 0 aliphatic heterocycles. The Bertz CT molecular complexity index is 543. The fraction of sp³-hybridized carbons (Fsp3) is 0.231. The topological polar surface area (TPSA) is 46.0 Å². The van der Waals surface area contributed by atoms with Gasteiger partial charge < -0.3 is 5.11 Å². The number of aliphatic hydroxyl groups is 1. The van der Waals surface area contributed by atoms with Gasteiger partial charge >= 0.3 is 0 Å². The normalized spacial score (nSPS) is 12.5. The Morgan fingerprint density at radius 1 is 1.18 bits per heavy atom. The second-order valence-corrected chi connectivity index (χ2v) is 3.98. The molecule has 0 saturated carbocycles. The second kappa shape index (κ2) is 4.59. The van der Waals surface area contributed by atoms with Gasteiger partial charge in [-0.25, -0.2) is 4.39 Å². The van der Waals surface area contributed by atoms with Gasteiger partial charge in [-0.1, -0.05) is 12.1 Å². The predicted molar refractivity (Wildman–Crippen MR) is 62.0 cm³/mol. The molecule has 0 bridgehead atoms. The van der Waals surface area contributed by atoms with Crippen LogP contribution < -0.4 is 0 Å². The third kappa shape index (κ3) is 2.47. The number of hydrogen-bond acceptors (Lipinski definition) is 3. The molecule has 0 amide bonds. The SMILES string of the molecule is Cc1cc(C(O)c2cccc(F)c2)c(C)nn1. The monoisotopic (exact) mass is 232 g/mol. The summed E-state index contributed by atoms with van der Waals surface area (Å²) in [6, 6.07) is 7.69. The lowest BCUT2D eigenvalue weighted by atomic mass is 10.0.